The molecule has 132 valence electrons. The van der Waals surface area contributed by atoms with Crippen molar-refractivity contribution in [1.82, 2.24) is 10.6 Å². The maximum absolute atomic E-state index is 12.3. The highest BCUT2D eigenvalue weighted by Gasteiger charge is 2.27. The van der Waals surface area contributed by atoms with Crippen molar-refractivity contribution in [1.29, 1.82) is 0 Å². The highest BCUT2D eigenvalue weighted by atomic mass is 16.5. The van der Waals surface area contributed by atoms with Gasteiger partial charge in [0, 0.05) is 12.5 Å². The smallest absolute Gasteiger partial charge is 0.307 e. The second kappa shape index (κ2) is 9.91. The van der Waals surface area contributed by atoms with Gasteiger partial charge in [-0.3, -0.25) is 9.59 Å². The Bertz CT molecular complexity index is 374. The van der Waals surface area contributed by atoms with Crippen molar-refractivity contribution in [3.8, 4) is 0 Å². The first kappa shape index (κ1) is 18.2. The largest absolute Gasteiger partial charge is 0.469 e. The zero-order valence-corrected chi connectivity index (χ0v) is 14.4. The minimum atomic E-state index is -0.223. The van der Waals surface area contributed by atoms with Crippen molar-refractivity contribution in [3.63, 3.8) is 0 Å². The van der Waals surface area contributed by atoms with Gasteiger partial charge in [0.1, 0.15) is 0 Å². The number of hydrogen-bond donors (Lipinski definition) is 2. The van der Waals surface area contributed by atoms with E-state index in [1.165, 1.54) is 39.2 Å². The third kappa shape index (κ3) is 6.50. The molecule has 1 heterocycles. The quantitative estimate of drug-likeness (QED) is 0.706. The fourth-order valence-corrected chi connectivity index (χ4v) is 3.92. The maximum Gasteiger partial charge on any atom is 0.307 e. The van der Waals surface area contributed by atoms with Crippen molar-refractivity contribution >= 4 is 11.9 Å². The number of rotatable bonds is 7. The van der Waals surface area contributed by atoms with E-state index in [0.717, 1.165) is 32.4 Å². The number of nitrogens with one attached hydrogen (secondary N) is 2. The van der Waals surface area contributed by atoms with Gasteiger partial charge in [-0.2, -0.15) is 0 Å². The van der Waals surface area contributed by atoms with Crippen molar-refractivity contribution in [2.24, 2.45) is 11.8 Å². The molecule has 1 amide bonds. The second-order valence-corrected chi connectivity index (χ2v) is 7.08. The Balaban J connectivity index is 1.79. The number of esters is 1. The van der Waals surface area contributed by atoms with Gasteiger partial charge in [-0.05, 0) is 57.0 Å². The number of amides is 1. The number of ether oxygens (including phenoxy) is 1. The van der Waals surface area contributed by atoms with E-state index in [1.807, 2.05) is 0 Å². The van der Waals surface area contributed by atoms with Gasteiger partial charge in [-0.15, -0.1) is 0 Å². The number of hydrogen-bond acceptors (Lipinski definition) is 4. The van der Waals surface area contributed by atoms with Crippen molar-refractivity contribution < 1.29 is 14.3 Å². The average Bonchev–Trinajstić information content (AvgIpc) is 2.61. The molecule has 1 atom stereocenters. The Morgan fingerprint density at radius 1 is 1.13 bits per heavy atom. The lowest BCUT2D eigenvalue weighted by atomic mass is 9.82. The molecular formula is C18H32N2O3. The lowest BCUT2D eigenvalue weighted by Crippen LogP contribution is -2.42. The SMILES string of the molecule is COC(=O)CC(NC(=O)CCC1CCNCC1)C1CCCCC1. The van der Waals surface area contributed by atoms with Crippen LogP contribution in [0.25, 0.3) is 0 Å². The molecule has 1 aliphatic carbocycles. The van der Waals surface area contributed by atoms with E-state index < -0.39 is 0 Å². The van der Waals surface area contributed by atoms with Crippen LogP contribution in [0.4, 0.5) is 0 Å². The Kier molecular flexibility index (Phi) is 7.86. The van der Waals surface area contributed by atoms with Gasteiger partial charge in [0.25, 0.3) is 0 Å². The monoisotopic (exact) mass is 324 g/mol. The van der Waals surface area contributed by atoms with E-state index in [1.54, 1.807) is 0 Å². The topological polar surface area (TPSA) is 67.4 Å². The zero-order valence-electron chi connectivity index (χ0n) is 14.4. The summed E-state index contributed by atoms with van der Waals surface area (Å²) in [5.74, 6) is 0.962. The number of carbonyl (C=O) groups excluding carboxylic acids is 2. The maximum atomic E-state index is 12.3. The van der Waals surface area contributed by atoms with Crippen LogP contribution in [0.15, 0.2) is 0 Å². The molecule has 2 N–H and O–H groups in total. The molecule has 5 heteroatoms. The summed E-state index contributed by atoms with van der Waals surface area (Å²) >= 11 is 0. The van der Waals surface area contributed by atoms with Gasteiger partial charge in [0.15, 0.2) is 0 Å². The lowest BCUT2D eigenvalue weighted by molar-refractivity contribution is -0.141. The molecule has 1 saturated carbocycles. The van der Waals surface area contributed by atoms with Crippen LogP contribution in [0, 0.1) is 11.8 Å². The number of piperidine rings is 1. The highest BCUT2D eigenvalue weighted by molar-refractivity contribution is 5.77. The van der Waals surface area contributed by atoms with Gasteiger partial charge < -0.3 is 15.4 Å². The first-order chi connectivity index (χ1) is 11.2. The minimum Gasteiger partial charge on any atom is -0.469 e. The molecule has 0 spiro atoms. The first-order valence-electron chi connectivity index (χ1n) is 9.26. The molecule has 2 rings (SSSR count). The van der Waals surface area contributed by atoms with Crippen LogP contribution < -0.4 is 10.6 Å². The van der Waals surface area contributed by atoms with E-state index in [4.69, 9.17) is 4.74 Å². The molecule has 2 aliphatic rings. The van der Waals surface area contributed by atoms with Crippen LogP contribution >= 0.6 is 0 Å². The summed E-state index contributed by atoms with van der Waals surface area (Å²) in [7, 11) is 1.42. The Morgan fingerprint density at radius 3 is 2.48 bits per heavy atom. The van der Waals surface area contributed by atoms with Gasteiger partial charge in [-0.1, -0.05) is 19.3 Å². The third-order valence-corrected chi connectivity index (χ3v) is 5.42. The van der Waals surface area contributed by atoms with E-state index in [9.17, 15) is 9.59 Å². The van der Waals surface area contributed by atoms with Gasteiger partial charge in [-0.25, -0.2) is 0 Å². The number of methoxy groups -OCH3 is 1. The lowest BCUT2D eigenvalue weighted by Gasteiger charge is -2.30. The fourth-order valence-electron chi connectivity index (χ4n) is 3.92. The van der Waals surface area contributed by atoms with E-state index in [2.05, 4.69) is 10.6 Å². The van der Waals surface area contributed by atoms with Crippen LogP contribution in [-0.2, 0) is 14.3 Å². The first-order valence-corrected chi connectivity index (χ1v) is 9.26. The van der Waals surface area contributed by atoms with E-state index >= 15 is 0 Å². The third-order valence-electron chi connectivity index (χ3n) is 5.42. The molecule has 23 heavy (non-hydrogen) atoms. The Labute approximate surface area is 139 Å². The molecule has 0 radical (unpaired) electrons. The van der Waals surface area contributed by atoms with Crippen LogP contribution in [0.2, 0.25) is 0 Å². The van der Waals surface area contributed by atoms with E-state index in [-0.39, 0.29) is 17.9 Å². The van der Waals surface area contributed by atoms with Crippen LogP contribution in [-0.4, -0.2) is 38.1 Å². The molecule has 1 saturated heterocycles. The molecular weight excluding hydrogens is 292 g/mol. The average molecular weight is 324 g/mol. The minimum absolute atomic E-state index is 0.0525. The molecule has 0 aromatic carbocycles. The number of carbonyl (C=O) groups is 2. The predicted molar refractivity (Wildman–Crippen MR) is 90.0 cm³/mol. The normalized spacial score (nSPS) is 21.6. The molecule has 0 bridgehead atoms. The summed E-state index contributed by atoms with van der Waals surface area (Å²) < 4.78 is 4.81. The van der Waals surface area contributed by atoms with Gasteiger partial charge >= 0.3 is 5.97 Å². The van der Waals surface area contributed by atoms with E-state index in [0.29, 0.717) is 24.7 Å². The summed E-state index contributed by atoms with van der Waals surface area (Å²) in [6.07, 6.45) is 10.1. The standard InChI is InChI=1S/C18H32N2O3/c1-23-18(22)13-16(15-5-3-2-4-6-15)20-17(21)8-7-14-9-11-19-12-10-14/h14-16,19H,2-13H2,1H3,(H,20,21). The van der Waals surface area contributed by atoms with Crippen LogP contribution in [0.3, 0.4) is 0 Å². The van der Waals surface area contributed by atoms with Crippen molar-refractivity contribution in [2.75, 3.05) is 20.2 Å². The summed E-state index contributed by atoms with van der Waals surface area (Å²) in [5, 5.41) is 6.49. The summed E-state index contributed by atoms with van der Waals surface area (Å²) in [4.78, 5) is 24.0. The molecule has 1 aliphatic heterocycles. The Hall–Kier alpha value is -1.10. The molecule has 0 aromatic rings. The molecule has 2 fully saturated rings. The van der Waals surface area contributed by atoms with Crippen LogP contribution in [0.5, 0.6) is 0 Å². The van der Waals surface area contributed by atoms with Gasteiger partial charge in [0.05, 0.1) is 13.5 Å². The highest BCUT2D eigenvalue weighted by Crippen LogP contribution is 2.28. The zero-order chi connectivity index (χ0) is 16.5. The van der Waals surface area contributed by atoms with Crippen LogP contribution in [0.1, 0.15) is 64.2 Å². The van der Waals surface area contributed by atoms with Gasteiger partial charge in [0.2, 0.25) is 5.91 Å². The summed E-state index contributed by atoms with van der Waals surface area (Å²) in [5.41, 5.74) is 0. The molecule has 1 unspecified atom stereocenters. The Morgan fingerprint density at radius 2 is 1.83 bits per heavy atom. The molecule has 0 aromatic heterocycles. The van der Waals surface area contributed by atoms with Crippen molar-refractivity contribution in [2.45, 2.75) is 70.3 Å². The second-order valence-electron chi connectivity index (χ2n) is 7.08. The predicted octanol–water partition coefficient (Wildman–Crippen LogP) is 2.39. The summed E-state index contributed by atoms with van der Waals surface area (Å²) in [6.45, 7) is 2.14. The van der Waals surface area contributed by atoms with Crippen molar-refractivity contribution in [3.05, 3.63) is 0 Å². The molecule has 5 nitrogen and oxygen atoms in total. The summed E-state index contributed by atoms with van der Waals surface area (Å²) in [6, 6.07) is -0.0525. The fraction of sp³-hybridized carbons (Fsp3) is 0.889.